The van der Waals surface area contributed by atoms with E-state index in [9.17, 15) is 9.59 Å². The van der Waals surface area contributed by atoms with E-state index in [1.807, 2.05) is 29.2 Å². The molecule has 32 heavy (non-hydrogen) atoms. The molecule has 1 N–H and O–H groups in total. The van der Waals surface area contributed by atoms with E-state index >= 15 is 0 Å². The number of carbonyl (C=O) groups excluding carboxylic acids is 2. The number of rotatable bonds is 5. The van der Waals surface area contributed by atoms with Gasteiger partial charge in [-0.25, -0.2) is 0 Å². The largest absolute Gasteiger partial charge is 0.342 e. The molecule has 2 fully saturated rings. The summed E-state index contributed by atoms with van der Waals surface area (Å²) in [5.74, 6) is 0.237. The van der Waals surface area contributed by atoms with E-state index in [0.29, 0.717) is 6.54 Å². The Bertz CT molecular complexity index is 1130. The van der Waals surface area contributed by atoms with Crippen LogP contribution in [0.1, 0.15) is 52.9 Å². The van der Waals surface area contributed by atoms with Crippen LogP contribution in [-0.4, -0.2) is 47.8 Å². The lowest BCUT2D eigenvalue weighted by atomic mass is 9.95. The second kappa shape index (κ2) is 9.04. The third-order valence-electron chi connectivity index (χ3n) is 6.70. The first-order chi connectivity index (χ1) is 15.6. The smallest absolute Gasteiger partial charge is 0.266 e. The highest BCUT2D eigenvalue weighted by Gasteiger charge is 2.31. The Kier molecular flexibility index (Phi) is 5.98. The predicted octanol–water partition coefficient (Wildman–Crippen LogP) is 5.09. The quantitative estimate of drug-likeness (QED) is 0.593. The number of anilines is 1. The van der Waals surface area contributed by atoms with Gasteiger partial charge in [0.1, 0.15) is 0 Å². The topological polar surface area (TPSA) is 52.7 Å². The molecule has 3 heterocycles. The zero-order chi connectivity index (χ0) is 22.1. The summed E-state index contributed by atoms with van der Waals surface area (Å²) in [5.41, 5.74) is 3.19. The van der Waals surface area contributed by atoms with E-state index in [2.05, 4.69) is 34.5 Å². The summed E-state index contributed by atoms with van der Waals surface area (Å²) in [6, 6.07) is 16.4. The Labute approximate surface area is 193 Å². The van der Waals surface area contributed by atoms with E-state index < -0.39 is 0 Å². The van der Waals surface area contributed by atoms with Crippen molar-refractivity contribution < 1.29 is 9.59 Å². The Hall–Kier alpha value is -2.70. The Morgan fingerprint density at radius 3 is 2.50 bits per heavy atom. The summed E-state index contributed by atoms with van der Waals surface area (Å²) in [4.78, 5) is 30.3. The lowest BCUT2D eigenvalue weighted by Gasteiger charge is -2.16. The summed E-state index contributed by atoms with van der Waals surface area (Å²) in [6.45, 7) is 6.38. The molecular formula is C26H29N3O2S. The molecule has 3 aromatic rings. The molecule has 1 atom stereocenters. The van der Waals surface area contributed by atoms with Gasteiger partial charge in [-0.2, -0.15) is 0 Å². The molecular weight excluding hydrogens is 418 g/mol. The molecule has 2 amide bonds. The van der Waals surface area contributed by atoms with Gasteiger partial charge >= 0.3 is 0 Å². The van der Waals surface area contributed by atoms with Crippen molar-refractivity contribution in [2.75, 3.05) is 31.5 Å². The number of nitrogens with zero attached hydrogens (tertiary/aromatic N) is 2. The van der Waals surface area contributed by atoms with Gasteiger partial charge in [0.25, 0.3) is 5.91 Å². The van der Waals surface area contributed by atoms with Crippen LogP contribution in [0.2, 0.25) is 0 Å². The fraction of sp³-hybridized carbons (Fsp3) is 0.385. The van der Waals surface area contributed by atoms with Crippen molar-refractivity contribution in [1.82, 2.24) is 9.80 Å². The molecule has 6 heteroatoms. The summed E-state index contributed by atoms with van der Waals surface area (Å²) in [6.07, 6.45) is 3.47. The van der Waals surface area contributed by atoms with Gasteiger partial charge in [0.05, 0.1) is 4.88 Å². The van der Waals surface area contributed by atoms with Gasteiger partial charge in [0.2, 0.25) is 5.91 Å². The van der Waals surface area contributed by atoms with E-state index in [1.165, 1.54) is 31.5 Å². The van der Waals surface area contributed by atoms with Crippen molar-refractivity contribution in [3.05, 3.63) is 64.5 Å². The molecule has 5 rings (SSSR count). The van der Waals surface area contributed by atoms with Crippen LogP contribution in [0, 0.1) is 0 Å². The molecule has 0 spiro atoms. The maximum atomic E-state index is 13.4. The lowest BCUT2D eigenvalue weighted by molar-refractivity contribution is -0.127. The predicted molar refractivity (Wildman–Crippen MR) is 130 cm³/mol. The van der Waals surface area contributed by atoms with Crippen LogP contribution in [-0.2, 0) is 11.3 Å². The highest BCUT2D eigenvalue weighted by atomic mass is 32.1. The van der Waals surface area contributed by atoms with Crippen molar-refractivity contribution in [3.8, 4) is 0 Å². The van der Waals surface area contributed by atoms with Crippen LogP contribution in [0.4, 0.5) is 5.69 Å². The van der Waals surface area contributed by atoms with Crippen LogP contribution in [0.15, 0.2) is 48.5 Å². The first kappa shape index (κ1) is 21.2. The van der Waals surface area contributed by atoms with Gasteiger partial charge in [-0.05, 0) is 67.1 Å². The minimum atomic E-state index is -0.0604. The summed E-state index contributed by atoms with van der Waals surface area (Å²) < 4.78 is 1.12. The molecule has 5 nitrogen and oxygen atoms in total. The number of thiophene rings is 1. The molecule has 2 aliphatic rings. The third-order valence-corrected chi connectivity index (χ3v) is 7.88. The number of carbonyl (C=O) groups is 2. The Balaban J connectivity index is 1.37. The van der Waals surface area contributed by atoms with Crippen LogP contribution in [0.5, 0.6) is 0 Å². The number of fused-ring (bicyclic) bond motifs is 1. The normalized spacial score (nSPS) is 19.0. The zero-order valence-electron chi connectivity index (χ0n) is 18.5. The fourth-order valence-corrected chi connectivity index (χ4v) is 6.19. The minimum absolute atomic E-state index is 0.0604. The van der Waals surface area contributed by atoms with Crippen LogP contribution < -0.4 is 5.32 Å². The number of hydrogen-bond acceptors (Lipinski definition) is 4. The van der Waals surface area contributed by atoms with Crippen LogP contribution >= 0.6 is 11.3 Å². The SMILES string of the molecule is CC(=O)N1CC[C@@H](c2c(C(=O)Nc3ccc(CN4CCCC4)cc3)sc3ccccc23)C1. The summed E-state index contributed by atoms with van der Waals surface area (Å²) >= 11 is 1.55. The minimum Gasteiger partial charge on any atom is -0.342 e. The van der Waals surface area contributed by atoms with Crippen molar-refractivity contribution in [2.24, 2.45) is 0 Å². The fourth-order valence-electron chi connectivity index (χ4n) is 5.00. The van der Waals surface area contributed by atoms with E-state index in [0.717, 1.165) is 45.7 Å². The molecule has 2 aliphatic heterocycles. The second-order valence-electron chi connectivity index (χ2n) is 8.93. The molecule has 0 saturated carbocycles. The third kappa shape index (κ3) is 4.30. The molecule has 1 aromatic heterocycles. The first-order valence-corrected chi connectivity index (χ1v) is 12.3. The molecule has 0 bridgehead atoms. The number of benzene rings is 2. The van der Waals surface area contributed by atoms with E-state index in [1.54, 1.807) is 18.3 Å². The van der Waals surface area contributed by atoms with Gasteiger partial charge < -0.3 is 10.2 Å². The van der Waals surface area contributed by atoms with Gasteiger partial charge in [-0.1, -0.05) is 30.3 Å². The summed E-state index contributed by atoms with van der Waals surface area (Å²) in [5, 5.41) is 4.25. The second-order valence-corrected chi connectivity index (χ2v) is 9.98. The first-order valence-electron chi connectivity index (χ1n) is 11.5. The van der Waals surface area contributed by atoms with Crippen molar-refractivity contribution >= 4 is 38.9 Å². The van der Waals surface area contributed by atoms with E-state index in [-0.39, 0.29) is 17.7 Å². The number of likely N-dealkylation sites (tertiary alicyclic amines) is 2. The van der Waals surface area contributed by atoms with Gasteiger partial charge in [-0.15, -0.1) is 11.3 Å². The van der Waals surface area contributed by atoms with Crippen LogP contribution in [0.25, 0.3) is 10.1 Å². The molecule has 0 radical (unpaired) electrons. The molecule has 2 aromatic carbocycles. The average Bonchev–Trinajstić information content (AvgIpc) is 3.54. The maximum Gasteiger partial charge on any atom is 0.266 e. The monoisotopic (exact) mass is 447 g/mol. The highest BCUT2D eigenvalue weighted by Crippen LogP contribution is 2.40. The molecule has 0 aliphatic carbocycles. The highest BCUT2D eigenvalue weighted by molar-refractivity contribution is 7.21. The van der Waals surface area contributed by atoms with Crippen molar-refractivity contribution in [2.45, 2.75) is 38.6 Å². The Morgan fingerprint density at radius 1 is 1.03 bits per heavy atom. The van der Waals surface area contributed by atoms with Gasteiger partial charge in [0, 0.05) is 42.9 Å². The average molecular weight is 448 g/mol. The standard InChI is InChI=1S/C26H29N3O2S/c1-18(30)29-15-12-20(17-29)24-22-6-2-3-7-23(22)32-25(24)26(31)27-21-10-8-19(9-11-21)16-28-13-4-5-14-28/h2-3,6-11,20H,4-5,12-17H2,1H3,(H,27,31)/t20-/m1/s1. The van der Waals surface area contributed by atoms with Crippen molar-refractivity contribution in [3.63, 3.8) is 0 Å². The van der Waals surface area contributed by atoms with Gasteiger partial charge in [0.15, 0.2) is 0 Å². The lowest BCUT2D eigenvalue weighted by Crippen LogP contribution is -2.25. The number of amides is 2. The van der Waals surface area contributed by atoms with E-state index in [4.69, 9.17) is 0 Å². The maximum absolute atomic E-state index is 13.4. The van der Waals surface area contributed by atoms with Crippen LogP contribution in [0.3, 0.4) is 0 Å². The molecule has 2 saturated heterocycles. The number of hydrogen-bond donors (Lipinski definition) is 1. The molecule has 0 unspecified atom stereocenters. The van der Waals surface area contributed by atoms with Crippen molar-refractivity contribution in [1.29, 1.82) is 0 Å². The van der Waals surface area contributed by atoms with Gasteiger partial charge in [-0.3, -0.25) is 14.5 Å². The zero-order valence-corrected chi connectivity index (χ0v) is 19.3. The number of nitrogens with one attached hydrogen (secondary N) is 1. The summed E-state index contributed by atoms with van der Waals surface area (Å²) in [7, 11) is 0. The molecule has 166 valence electrons. The Morgan fingerprint density at radius 2 is 1.78 bits per heavy atom.